The Morgan fingerprint density at radius 3 is 2.88 bits per heavy atom. The number of nitrogen functional groups attached to an aromatic ring is 1. The predicted molar refractivity (Wildman–Crippen MR) is 98.5 cm³/mol. The Labute approximate surface area is 163 Å². The fourth-order valence-electron chi connectivity index (χ4n) is 2.49. The second-order valence-corrected chi connectivity index (χ2v) is 8.57. The summed E-state index contributed by atoms with van der Waals surface area (Å²) in [6, 6.07) is -0.868. The normalized spacial score (nSPS) is 22.2. The van der Waals surface area contributed by atoms with Crippen LogP contribution in [0.2, 0.25) is 0 Å². The summed E-state index contributed by atoms with van der Waals surface area (Å²) in [6.07, 6.45) is 1.46. The number of aromatic nitrogens is 1. The molecule has 1 saturated heterocycles. The van der Waals surface area contributed by atoms with Gasteiger partial charge in [0.15, 0.2) is 10.8 Å². The smallest absolute Gasteiger partial charge is 0.352 e. The zero-order chi connectivity index (χ0) is 19.0. The van der Waals surface area contributed by atoms with Gasteiger partial charge in [0.05, 0.1) is 0 Å². The molecule has 1 unspecified atom stereocenters. The van der Waals surface area contributed by atoms with Gasteiger partial charge in [-0.05, 0) is 22.0 Å². The minimum absolute atomic E-state index is 0.0787. The van der Waals surface area contributed by atoms with Crippen LogP contribution in [-0.4, -0.2) is 62.8 Å². The molecule has 2 amide bonds. The molecule has 0 radical (unpaired) electrons. The van der Waals surface area contributed by atoms with E-state index in [0.29, 0.717) is 9.54 Å². The number of nitrogens with zero attached hydrogens (tertiary/aromatic N) is 3. The number of carboxylic acids is 1. The molecule has 1 fully saturated rings. The molecule has 138 valence electrons. The average Bonchev–Trinajstić information content (AvgIpc) is 2.94. The molecule has 26 heavy (non-hydrogen) atoms. The Hall–Kier alpha value is -2.12. The topological polar surface area (TPSA) is 147 Å². The van der Waals surface area contributed by atoms with Crippen LogP contribution >= 0.6 is 39.0 Å². The molecule has 0 aromatic carbocycles. The number of hydrogen-bond donors (Lipinski definition) is 3. The van der Waals surface area contributed by atoms with E-state index < -0.39 is 29.2 Å². The molecule has 4 N–H and O–H groups in total. The van der Waals surface area contributed by atoms with Crippen molar-refractivity contribution in [1.29, 1.82) is 0 Å². The summed E-state index contributed by atoms with van der Waals surface area (Å²) in [5.74, 6) is -1.94. The van der Waals surface area contributed by atoms with Crippen LogP contribution in [0.25, 0.3) is 0 Å². The molecule has 13 heteroatoms. The third kappa shape index (κ3) is 3.17. The zero-order valence-corrected chi connectivity index (χ0v) is 16.4. The van der Waals surface area contributed by atoms with Crippen molar-refractivity contribution < 1.29 is 24.3 Å². The lowest BCUT2D eigenvalue weighted by Gasteiger charge is -2.48. The molecule has 0 aliphatic carbocycles. The third-order valence-electron chi connectivity index (χ3n) is 3.58. The first-order valence-corrected chi connectivity index (χ1v) is 9.73. The monoisotopic (exact) mass is 461 g/mol. The molecule has 1 aromatic rings. The molecule has 2 atom stereocenters. The van der Waals surface area contributed by atoms with E-state index >= 15 is 0 Å². The first-order chi connectivity index (χ1) is 12.3. The number of amides is 2. The highest BCUT2D eigenvalue weighted by Gasteiger charge is 2.53. The van der Waals surface area contributed by atoms with Crippen LogP contribution in [0.5, 0.6) is 0 Å². The fraction of sp³-hybridized carbons (Fsp3) is 0.308. The van der Waals surface area contributed by atoms with Crippen molar-refractivity contribution in [2.45, 2.75) is 11.4 Å². The summed E-state index contributed by atoms with van der Waals surface area (Å²) in [4.78, 5) is 46.0. The van der Waals surface area contributed by atoms with Gasteiger partial charge in [0.25, 0.3) is 11.8 Å². The van der Waals surface area contributed by atoms with Gasteiger partial charge in [-0.3, -0.25) is 14.5 Å². The molecule has 3 heterocycles. The van der Waals surface area contributed by atoms with Crippen LogP contribution in [0.4, 0.5) is 5.13 Å². The second-order valence-electron chi connectivity index (χ2n) is 5.07. The van der Waals surface area contributed by atoms with Crippen molar-refractivity contribution in [2.24, 2.45) is 5.16 Å². The number of fused-ring (bicyclic) bond motifs is 1. The molecule has 2 aliphatic heterocycles. The quantitative estimate of drug-likeness (QED) is 0.320. The van der Waals surface area contributed by atoms with Gasteiger partial charge in [0, 0.05) is 5.75 Å². The summed E-state index contributed by atoms with van der Waals surface area (Å²) in [6.45, 7) is 0. The van der Waals surface area contributed by atoms with Gasteiger partial charge in [0.2, 0.25) is 0 Å². The Kier molecular flexibility index (Phi) is 5.20. The van der Waals surface area contributed by atoms with E-state index in [-0.39, 0.29) is 22.2 Å². The summed E-state index contributed by atoms with van der Waals surface area (Å²) < 4.78 is 0.491. The lowest BCUT2D eigenvalue weighted by molar-refractivity contribution is -0.150. The molecule has 3 rings (SSSR count). The number of oxime groups is 1. The summed E-state index contributed by atoms with van der Waals surface area (Å²) in [5, 5.41) is 15.2. The van der Waals surface area contributed by atoms with E-state index in [1.165, 1.54) is 24.9 Å². The molecule has 1 aromatic heterocycles. The minimum atomic E-state index is -1.18. The predicted octanol–water partition coefficient (Wildman–Crippen LogP) is 0.207. The Balaban J connectivity index is 1.79. The van der Waals surface area contributed by atoms with Crippen LogP contribution in [-0.2, 0) is 19.2 Å². The first kappa shape index (κ1) is 18.7. The highest BCUT2D eigenvalue weighted by atomic mass is 79.9. The maximum atomic E-state index is 12.6. The average molecular weight is 462 g/mol. The second kappa shape index (κ2) is 7.25. The SMILES string of the molecule is CO/N=C(\C(=O)NC1C(=O)N2C(C(=O)O)=CCS[C@H]12)c1nc(N)sc1Br. The Morgan fingerprint density at radius 2 is 2.31 bits per heavy atom. The number of nitrogens with two attached hydrogens (primary N) is 1. The molecule has 0 spiro atoms. The van der Waals surface area contributed by atoms with Crippen LogP contribution < -0.4 is 11.1 Å². The van der Waals surface area contributed by atoms with Gasteiger partial charge in [-0.2, -0.15) is 0 Å². The number of β-lactam (4-membered cyclic amide) rings is 1. The lowest BCUT2D eigenvalue weighted by atomic mass is 10.0. The maximum absolute atomic E-state index is 12.6. The highest BCUT2D eigenvalue weighted by molar-refractivity contribution is 9.11. The number of carbonyl (C=O) groups excluding carboxylic acids is 2. The number of anilines is 1. The van der Waals surface area contributed by atoms with Crippen molar-refractivity contribution in [1.82, 2.24) is 15.2 Å². The maximum Gasteiger partial charge on any atom is 0.352 e. The molecule has 2 aliphatic rings. The standard InChI is InChI=1S/C13H12BrN5O5S2/c1-24-18-6(5-8(14)26-13(15)17-5)9(20)16-7-10(21)19-4(12(22)23)2-3-25-11(7)19/h2,7,11H,3H2,1H3,(H2,15,17)(H,16,20)(H,22,23)/b18-6-/t7?,11-/m1/s1. The summed E-state index contributed by atoms with van der Waals surface area (Å²) in [5.41, 5.74) is 5.60. The van der Waals surface area contributed by atoms with Gasteiger partial charge in [-0.25, -0.2) is 9.78 Å². The van der Waals surface area contributed by atoms with Gasteiger partial charge in [-0.15, -0.1) is 11.8 Å². The number of hydrogen-bond acceptors (Lipinski definition) is 9. The van der Waals surface area contributed by atoms with Crippen LogP contribution in [0.15, 0.2) is 20.7 Å². The number of aliphatic carboxylic acids is 1. The molecule has 0 saturated carbocycles. The molecule has 10 nitrogen and oxygen atoms in total. The zero-order valence-electron chi connectivity index (χ0n) is 13.1. The van der Waals surface area contributed by atoms with Crippen LogP contribution in [0.1, 0.15) is 5.69 Å². The number of carbonyl (C=O) groups is 3. The largest absolute Gasteiger partial charge is 0.477 e. The van der Waals surface area contributed by atoms with E-state index in [1.54, 1.807) is 0 Å². The van der Waals surface area contributed by atoms with Gasteiger partial charge >= 0.3 is 5.97 Å². The molecular formula is C13H12BrN5O5S2. The van der Waals surface area contributed by atoms with Crippen molar-refractivity contribution in [3.8, 4) is 0 Å². The highest BCUT2D eigenvalue weighted by Crippen LogP contribution is 2.37. The van der Waals surface area contributed by atoms with E-state index in [2.05, 4.69) is 31.4 Å². The van der Waals surface area contributed by atoms with Crippen molar-refractivity contribution >= 4 is 67.7 Å². The van der Waals surface area contributed by atoms with Crippen molar-refractivity contribution in [3.63, 3.8) is 0 Å². The minimum Gasteiger partial charge on any atom is -0.477 e. The van der Waals surface area contributed by atoms with Gasteiger partial charge in [-0.1, -0.05) is 16.5 Å². The third-order valence-corrected chi connectivity index (χ3v) is 6.29. The number of nitrogens with one attached hydrogen (secondary N) is 1. The van der Waals surface area contributed by atoms with Crippen LogP contribution in [0.3, 0.4) is 0 Å². The number of rotatable bonds is 5. The molecule has 0 bridgehead atoms. The van der Waals surface area contributed by atoms with Gasteiger partial charge in [0.1, 0.15) is 33.7 Å². The Bertz CT molecular complexity index is 854. The van der Waals surface area contributed by atoms with Crippen molar-refractivity contribution in [2.75, 3.05) is 18.6 Å². The number of thioether (sulfide) groups is 1. The number of carboxylic acid groups (broad SMARTS) is 1. The van der Waals surface area contributed by atoms with E-state index in [0.717, 1.165) is 16.2 Å². The fourth-order valence-corrected chi connectivity index (χ4v) is 5.02. The van der Waals surface area contributed by atoms with Crippen molar-refractivity contribution in [3.05, 3.63) is 21.3 Å². The van der Waals surface area contributed by atoms with Crippen LogP contribution in [0, 0.1) is 0 Å². The summed E-state index contributed by atoms with van der Waals surface area (Å²) >= 11 is 5.72. The number of halogens is 1. The van der Waals surface area contributed by atoms with E-state index in [9.17, 15) is 14.4 Å². The lowest BCUT2D eigenvalue weighted by Crippen LogP contribution is -2.70. The van der Waals surface area contributed by atoms with E-state index in [4.69, 9.17) is 15.7 Å². The summed E-state index contributed by atoms with van der Waals surface area (Å²) in [7, 11) is 1.27. The number of thiazole rings is 1. The van der Waals surface area contributed by atoms with Gasteiger partial charge < -0.3 is 21.0 Å². The Morgan fingerprint density at radius 1 is 1.58 bits per heavy atom. The van der Waals surface area contributed by atoms with E-state index in [1.807, 2.05) is 0 Å². The first-order valence-electron chi connectivity index (χ1n) is 7.07. The molecular weight excluding hydrogens is 450 g/mol.